The van der Waals surface area contributed by atoms with E-state index in [-0.39, 0.29) is 42.4 Å². The van der Waals surface area contributed by atoms with Gasteiger partial charge in [-0.1, -0.05) is 23.7 Å². The quantitative estimate of drug-likeness (QED) is 0.155. The van der Waals surface area contributed by atoms with E-state index in [1.165, 1.54) is 30.7 Å². The van der Waals surface area contributed by atoms with Crippen molar-refractivity contribution >= 4 is 28.4 Å². The number of methoxy groups -OCH3 is 1. The molecular weight excluding hydrogens is 588 g/mol. The van der Waals surface area contributed by atoms with E-state index in [0.717, 1.165) is 4.90 Å². The van der Waals surface area contributed by atoms with Gasteiger partial charge in [0.1, 0.15) is 5.82 Å². The molecule has 0 spiro atoms. The van der Waals surface area contributed by atoms with Crippen LogP contribution >= 0.6 is 11.6 Å². The minimum absolute atomic E-state index is 0.0369. The van der Waals surface area contributed by atoms with E-state index in [1.54, 1.807) is 36.4 Å². The van der Waals surface area contributed by atoms with Crippen LogP contribution in [0.25, 0.3) is 16.6 Å². The summed E-state index contributed by atoms with van der Waals surface area (Å²) in [6, 6.07) is 12.3. The van der Waals surface area contributed by atoms with E-state index in [9.17, 15) is 35.9 Å². The van der Waals surface area contributed by atoms with E-state index in [2.05, 4.69) is 4.98 Å². The number of fused-ring (bicyclic) bond motifs is 1. The maximum Gasteiger partial charge on any atom is 0.416 e. The predicted molar refractivity (Wildman–Crippen MR) is 145 cm³/mol. The second kappa shape index (κ2) is 12.1. The van der Waals surface area contributed by atoms with Crippen LogP contribution in [0.5, 0.6) is 0 Å². The number of benzene rings is 3. The molecule has 3 aromatic carbocycles. The van der Waals surface area contributed by atoms with E-state index < -0.39 is 46.6 Å². The van der Waals surface area contributed by atoms with Gasteiger partial charge in [-0.2, -0.15) is 26.3 Å². The van der Waals surface area contributed by atoms with Crippen molar-refractivity contribution in [2.45, 2.75) is 31.7 Å². The predicted octanol–water partition coefficient (Wildman–Crippen LogP) is 7.32. The molecule has 4 rings (SSSR count). The van der Waals surface area contributed by atoms with Crippen LogP contribution in [0.1, 0.15) is 46.7 Å². The van der Waals surface area contributed by atoms with Crippen LogP contribution in [0.4, 0.5) is 26.3 Å². The first-order valence-corrected chi connectivity index (χ1v) is 13.0. The molecule has 0 aliphatic carbocycles. The number of carbonyl (C=O) groups excluding carboxylic acids is 1. The van der Waals surface area contributed by atoms with Crippen molar-refractivity contribution in [3.8, 4) is 5.69 Å². The van der Waals surface area contributed by atoms with E-state index in [1.807, 2.05) is 0 Å². The number of amides is 1. The average Bonchev–Trinajstić information content (AvgIpc) is 2.94. The van der Waals surface area contributed by atoms with Crippen LogP contribution in [0.15, 0.2) is 71.5 Å². The van der Waals surface area contributed by atoms with Gasteiger partial charge < -0.3 is 9.64 Å². The Kier molecular flexibility index (Phi) is 8.98. The summed E-state index contributed by atoms with van der Waals surface area (Å²) in [5.74, 6) is -1.07. The van der Waals surface area contributed by atoms with Gasteiger partial charge in [-0.05, 0) is 67.9 Å². The Labute approximate surface area is 241 Å². The van der Waals surface area contributed by atoms with E-state index >= 15 is 0 Å². The number of rotatable bonds is 8. The number of alkyl halides is 6. The fourth-order valence-corrected chi connectivity index (χ4v) is 4.63. The monoisotopic (exact) mass is 611 g/mol. The standard InChI is InChI=1S/C29H24ClF6N3O3/c1-17(25-37-24-7-4-3-6-23(24)27(41)39(25)22-10-8-21(30)9-11-22)38(12-5-13-42-2)26(40)18-14-19(28(31,32)33)16-20(15-18)29(34,35)36/h3-4,6-11,14-17H,5,12-13H2,1-2H3. The van der Waals surface area contributed by atoms with Gasteiger partial charge in [0.2, 0.25) is 0 Å². The molecule has 13 heteroatoms. The number of hydrogen-bond acceptors (Lipinski definition) is 4. The Hall–Kier alpha value is -3.90. The Balaban J connectivity index is 1.92. The maximum absolute atomic E-state index is 13.8. The first kappa shape index (κ1) is 31.0. The molecule has 222 valence electrons. The molecule has 0 bridgehead atoms. The maximum atomic E-state index is 13.8. The number of carbonyl (C=O) groups is 1. The third-order valence-electron chi connectivity index (χ3n) is 6.57. The number of para-hydroxylation sites is 1. The van der Waals surface area contributed by atoms with Gasteiger partial charge in [0.15, 0.2) is 0 Å². The van der Waals surface area contributed by atoms with Crippen molar-refractivity contribution in [3.63, 3.8) is 0 Å². The summed E-state index contributed by atoms with van der Waals surface area (Å²) in [7, 11) is 1.40. The first-order valence-electron chi connectivity index (χ1n) is 12.6. The summed E-state index contributed by atoms with van der Waals surface area (Å²) in [6.45, 7) is 1.50. The minimum Gasteiger partial charge on any atom is -0.385 e. The number of hydrogen-bond donors (Lipinski definition) is 0. The second-order valence-corrected chi connectivity index (χ2v) is 9.86. The molecule has 1 amide bonds. The first-order chi connectivity index (χ1) is 19.7. The molecular formula is C29H24ClF6N3O3. The molecule has 1 unspecified atom stereocenters. The molecule has 0 saturated carbocycles. The molecule has 1 aromatic heterocycles. The zero-order valence-corrected chi connectivity index (χ0v) is 23.0. The van der Waals surface area contributed by atoms with Crippen LogP contribution in [0.2, 0.25) is 5.02 Å². The van der Waals surface area contributed by atoms with Gasteiger partial charge >= 0.3 is 12.4 Å². The molecule has 0 N–H and O–H groups in total. The molecule has 1 heterocycles. The Bertz CT molecular complexity index is 1620. The molecule has 4 aromatic rings. The zero-order valence-electron chi connectivity index (χ0n) is 22.3. The highest BCUT2D eigenvalue weighted by molar-refractivity contribution is 6.30. The lowest BCUT2D eigenvalue weighted by molar-refractivity contribution is -0.143. The highest BCUT2D eigenvalue weighted by Gasteiger charge is 2.38. The van der Waals surface area contributed by atoms with E-state index in [0.29, 0.717) is 22.8 Å². The molecule has 0 fully saturated rings. The third kappa shape index (κ3) is 6.60. The fourth-order valence-electron chi connectivity index (χ4n) is 4.50. The van der Waals surface area contributed by atoms with Crippen molar-refractivity contribution < 1.29 is 35.9 Å². The summed E-state index contributed by atoms with van der Waals surface area (Å²) in [6.07, 6.45) is -10.1. The van der Waals surface area contributed by atoms with Crippen molar-refractivity contribution in [1.82, 2.24) is 14.5 Å². The number of ether oxygens (including phenoxy) is 1. The molecule has 0 aliphatic rings. The Morgan fingerprint density at radius 1 is 0.976 bits per heavy atom. The molecule has 0 saturated heterocycles. The van der Waals surface area contributed by atoms with Gasteiger partial charge in [0.05, 0.1) is 33.8 Å². The largest absolute Gasteiger partial charge is 0.416 e. The summed E-state index contributed by atoms with van der Waals surface area (Å²) < 4.78 is 87.7. The summed E-state index contributed by atoms with van der Waals surface area (Å²) in [4.78, 5) is 33.2. The molecule has 1 atom stereocenters. The summed E-state index contributed by atoms with van der Waals surface area (Å²) >= 11 is 6.03. The van der Waals surface area contributed by atoms with Gasteiger partial charge in [-0.25, -0.2) is 4.98 Å². The van der Waals surface area contributed by atoms with Crippen LogP contribution < -0.4 is 5.56 Å². The highest BCUT2D eigenvalue weighted by atomic mass is 35.5. The van der Waals surface area contributed by atoms with Crippen molar-refractivity contribution in [2.24, 2.45) is 0 Å². The zero-order chi connectivity index (χ0) is 30.8. The third-order valence-corrected chi connectivity index (χ3v) is 6.82. The number of halogens is 7. The van der Waals surface area contributed by atoms with Gasteiger partial charge in [-0.3, -0.25) is 14.2 Å². The lowest BCUT2D eigenvalue weighted by Gasteiger charge is -2.31. The normalized spacial score (nSPS) is 12.9. The SMILES string of the molecule is COCCCN(C(=O)c1cc(C(F)(F)F)cc(C(F)(F)F)c1)C(C)c1nc2ccccc2c(=O)n1-c1ccc(Cl)cc1. The van der Waals surface area contributed by atoms with Gasteiger partial charge in [-0.15, -0.1) is 0 Å². The van der Waals surface area contributed by atoms with Crippen molar-refractivity contribution in [1.29, 1.82) is 0 Å². The minimum atomic E-state index is -5.14. The molecule has 6 nitrogen and oxygen atoms in total. The molecule has 42 heavy (non-hydrogen) atoms. The molecule has 0 radical (unpaired) electrons. The summed E-state index contributed by atoms with van der Waals surface area (Å²) in [5, 5.41) is 0.643. The van der Waals surface area contributed by atoms with Crippen LogP contribution in [-0.2, 0) is 17.1 Å². The number of aromatic nitrogens is 2. The van der Waals surface area contributed by atoms with E-state index in [4.69, 9.17) is 16.3 Å². The second-order valence-electron chi connectivity index (χ2n) is 9.42. The number of nitrogens with zero attached hydrogens (tertiary/aromatic N) is 3. The Morgan fingerprint density at radius 2 is 1.57 bits per heavy atom. The Morgan fingerprint density at radius 3 is 2.14 bits per heavy atom. The smallest absolute Gasteiger partial charge is 0.385 e. The topological polar surface area (TPSA) is 64.4 Å². The lowest BCUT2D eigenvalue weighted by Crippen LogP contribution is -2.38. The van der Waals surface area contributed by atoms with Crippen molar-refractivity contribution in [2.75, 3.05) is 20.3 Å². The highest BCUT2D eigenvalue weighted by Crippen LogP contribution is 2.37. The van der Waals surface area contributed by atoms with Crippen molar-refractivity contribution in [3.05, 3.63) is 105 Å². The van der Waals surface area contributed by atoms with Crippen LogP contribution in [0, 0.1) is 0 Å². The van der Waals surface area contributed by atoms with Crippen LogP contribution in [-0.4, -0.2) is 40.6 Å². The van der Waals surface area contributed by atoms with Gasteiger partial charge in [0.25, 0.3) is 11.5 Å². The summed E-state index contributed by atoms with van der Waals surface area (Å²) in [5.41, 5.74) is -3.92. The molecule has 0 aliphatic heterocycles. The fraction of sp³-hybridized carbons (Fsp3) is 0.276. The van der Waals surface area contributed by atoms with Gasteiger partial charge in [0, 0.05) is 30.8 Å². The van der Waals surface area contributed by atoms with Crippen LogP contribution in [0.3, 0.4) is 0 Å². The lowest BCUT2D eigenvalue weighted by atomic mass is 10.0. The average molecular weight is 612 g/mol.